The molecule has 1 saturated heterocycles. The van der Waals surface area contributed by atoms with Gasteiger partial charge in [0.1, 0.15) is 0 Å². The molecule has 9 heteroatoms. The molecule has 2 amide bonds. The minimum atomic E-state index is -0.188. The van der Waals surface area contributed by atoms with Crippen molar-refractivity contribution in [2.45, 2.75) is 19.8 Å². The number of nitrogens with zero attached hydrogens (tertiary/aromatic N) is 2. The molecule has 6 nitrogen and oxygen atoms in total. The van der Waals surface area contributed by atoms with Gasteiger partial charge in [-0.3, -0.25) is 19.4 Å². The molecule has 1 aromatic carbocycles. The van der Waals surface area contributed by atoms with Crippen molar-refractivity contribution in [2.75, 3.05) is 51.1 Å². The second-order valence-corrected chi connectivity index (χ2v) is 7.80. The predicted octanol–water partition coefficient (Wildman–Crippen LogP) is 3.12. The molecule has 1 aliphatic heterocycles. The molecule has 0 spiro atoms. The lowest BCUT2D eigenvalue weighted by Crippen LogP contribution is -2.51. The molecule has 150 valence electrons. The van der Waals surface area contributed by atoms with Gasteiger partial charge in [0, 0.05) is 37.7 Å². The molecule has 0 radical (unpaired) electrons. The van der Waals surface area contributed by atoms with Crippen molar-refractivity contribution in [3.63, 3.8) is 0 Å². The van der Waals surface area contributed by atoms with Crippen LogP contribution >= 0.6 is 34.8 Å². The van der Waals surface area contributed by atoms with E-state index in [0.29, 0.717) is 27.3 Å². The van der Waals surface area contributed by atoms with E-state index < -0.39 is 0 Å². The maximum atomic E-state index is 12.3. The molecule has 1 aliphatic rings. The van der Waals surface area contributed by atoms with Gasteiger partial charge in [0.2, 0.25) is 11.8 Å². The summed E-state index contributed by atoms with van der Waals surface area (Å²) in [4.78, 5) is 28.3. The zero-order valence-corrected chi connectivity index (χ0v) is 17.6. The van der Waals surface area contributed by atoms with Gasteiger partial charge in [-0.05, 0) is 18.6 Å². The van der Waals surface area contributed by atoms with Crippen LogP contribution in [0.2, 0.25) is 15.1 Å². The zero-order chi connectivity index (χ0) is 19.8. The van der Waals surface area contributed by atoms with Crippen LogP contribution in [0.25, 0.3) is 0 Å². The Morgan fingerprint density at radius 2 is 1.48 bits per heavy atom. The summed E-state index contributed by atoms with van der Waals surface area (Å²) in [5, 5.41) is 6.69. The summed E-state index contributed by atoms with van der Waals surface area (Å²) in [6.07, 6.45) is 2.06. The molecule has 0 unspecified atom stereocenters. The lowest BCUT2D eigenvalue weighted by atomic mass is 10.3. The highest BCUT2D eigenvalue weighted by molar-refractivity contribution is 6.42. The smallest absolute Gasteiger partial charge is 0.238 e. The highest BCUT2D eigenvalue weighted by Gasteiger charge is 2.21. The number of amides is 2. The van der Waals surface area contributed by atoms with Gasteiger partial charge in [0.05, 0.1) is 28.8 Å². The maximum Gasteiger partial charge on any atom is 0.238 e. The van der Waals surface area contributed by atoms with E-state index in [-0.39, 0.29) is 18.4 Å². The number of carbonyl (C=O) groups is 2. The van der Waals surface area contributed by atoms with E-state index in [1.165, 1.54) is 12.1 Å². The second-order valence-electron chi connectivity index (χ2n) is 6.55. The largest absolute Gasteiger partial charge is 0.355 e. The molecule has 0 atom stereocenters. The standard InChI is InChI=1S/C18H25Cl3N4O2/c1-2-3-4-22-16(26)11-24-5-7-25(8-6-24)12-17(27)23-18-14(20)9-13(19)10-15(18)21/h9-10H,2-8,11-12H2,1H3,(H,22,26)(H,23,27). The Labute approximate surface area is 175 Å². The van der Waals surface area contributed by atoms with Crippen molar-refractivity contribution in [1.82, 2.24) is 15.1 Å². The third-order valence-electron chi connectivity index (χ3n) is 4.32. The summed E-state index contributed by atoms with van der Waals surface area (Å²) in [5.74, 6) is -0.131. The van der Waals surface area contributed by atoms with Gasteiger partial charge in [0.25, 0.3) is 0 Å². The quantitative estimate of drug-likeness (QED) is 0.616. The van der Waals surface area contributed by atoms with Crippen molar-refractivity contribution >= 4 is 52.3 Å². The summed E-state index contributed by atoms with van der Waals surface area (Å²) >= 11 is 18.1. The van der Waals surface area contributed by atoms with E-state index in [9.17, 15) is 9.59 Å². The molecular weight excluding hydrogens is 411 g/mol. The van der Waals surface area contributed by atoms with Crippen LogP contribution in [0.15, 0.2) is 12.1 Å². The number of halogens is 3. The average Bonchev–Trinajstić information content (AvgIpc) is 2.60. The number of carbonyl (C=O) groups excluding carboxylic acids is 2. The van der Waals surface area contributed by atoms with Crippen LogP contribution in [0.4, 0.5) is 5.69 Å². The number of rotatable bonds is 8. The fraction of sp³-hybridized carbons (Fsp3) is 0.556. The summed E-state index contributed by atoms with van der Waals surface area (Å²) in [5.41, 5.74) is 0.370. The molecule has 2 N–H and O–H groups in total. The summed E-state index contributed by atoms with van der Waals surface area (Å²) in [7, 11) is 0. The summed E-state index contributed by atoms with van der Waals surface area (Å²) in [6.45, 7) is 6.40. The van der Waals surface area contributed by atoms with E-state index in [2.05, 4.69) is 22.5 Å². The number of hydrogen-bond donors (Lipinski definition) is 2. The number of anilines is 1. The maximum absolute atomic E-state index is 12.3. The number of piperazine rings is 1. The first-order valence-corrected chi connectivity index (χ1v) is 10.2. The molecular formula is C18H25Cl3N4O2. The molecule has 1 aromatic rings. The number of benzene rings is 1. The minimum absolute atomic E-state index is 0.0571. The molecule has 0 aromatic heterocycles. The van der Waals surface area contributed by atoms with E-state index in [0.717, 1.165) is 45.6 Å². The Bertz CT molecular complexity index is 641. The van der Waals surface area contributed by atoms with Gasteiger partial charge in [0.15, 0.2) is 0 Å². The normalized spacial score (nSPS) is 15.6. The van der Waals surface area contributed by atoms with E-state index in [1.807, 2.05) is 4.90 Å². The Hall–Kier alpha value is -1.05. The molecule has 0 bridgehead atoms. The van der Waals surface area contributed by atoms with Crippen LogP contribution in [0.1, 0.15) is 19.8 Å². The topological polar surface area (TPSA) is 64.7 Å². The first kappa shape index (κ1) is 22.2. The Morgan fingerprint density at radius 3 is 2.00 bits per heavy atom. The molecule has 0 saturated carbocycles. The van der Waals surface area contributed by atoms with Gasteiger partial charge in [-0.15, -0.1) is 0 Å². The zero-order valence-electron chi connectivity index (χ0n) is 15.4. The molecule has 0 aliphatic carbocycles. The van der Waals surface area contributed by atoms with Gasteiger partial charge in [-0.2, -0.15) is 0 Å². The predicted molar refractivity (Wildman–Crippen MR) is 111 cm³/mol. The fourth-order valence-electron chi connectivity index (χ4n) is 2.81. The number of unbranched alkanes of at least 4 members (excludes halogenated alkanes) is 1. The number of hydrogen-bond acceptors (Lipinski definition) is 4. The second kappa shape index (κ2) is 11.1. The SMILES string of the molecule is CCCCNC(=O)CN1CCN(CC(=O)Nc2c(Cl)cc(Cl)cc2Cl)CC1. The Morgan fingerprint density at radius 1 is 0.963 bits per heavy atom. The highest BCUT2D eigenvalue weighted by Crippen LogP contribution is 2.33. The Kier molecular flexibility index (Phi) is 9.12. The average molecular weight is 436 g/mol. The van der Waals surface area contributed by atoms with Crippen molar-refractivity contribution in [3.05, 3.63) is 27.2 Å². The first-order chi connectivity index (χ1) is 12.9. The van der Waals surface area contributed by atoms with Crippen LogP contribution in [0.5, 0.6) is 0 Å². The monoisotopic (exact) mass is 434 g/mol. The first-order valence-electron chi connectivity index (χ1n) is 9.05. The van der Waals surface area contributed by atoms with Crippen LogP contribution in [-0.2, 0) is 9.59 Å². The Balaban J connectivity index is 1.74. The van der Waals surface area contributed by atoms with E-state index in [1.54, 1.807) is 0 Å². The lowest BCUT2D eigenvalue weighted by Gasteiger charge is -2.33. The van der Waals surface area contributed by atoms with Gasteiger partial charge >= 0.3 is 0 Å². The van der Waals surface area contributed by atoms with E-state index in [4.69, 9.17) is 34.8 Å². The van der Waals surface area contributed by atoms with Crippen molar-refractivity contribution in [2.24, 2.45) is 0 Å². The van der Waals surface area contributed by atoms with Crippen molar-refractivity contribution in [1.29, 1.82) is 0 Å². The van der Waals surface area contributed by atoms with Gasteiger partial charge in [-0.1, -0.05) is 48.1 Å². The third kappa shape index (κ3) is 7.47. The fourth-order valence-corrected chi connectivity index (χ4v) is 3.72. The minimum Gasteiger partial charge on any atom is -0.355 e. The summed E-state index contributed by atoms with van der Waals surface area (Å²) < 4.78 is 0. The van der Waals surface area contributed by atoms with Crippen molar-refractivity contribution in [3.8, 4) is 0 Å². The van der Waals surface area contributed by atoms with Gasteiger partial charge < -0.3 is 10.6 Å². The molecule has 1 heterocycles. The van der Waals surface area contributed by atoms with Crippen LogP contribution in [-0.4, -0.2) is 67.4 Å². The third-order valence-corrected chi connectivity index (χ3v) is 5.14. The van der Waals surface area contributed by atoms with E-state index >= 15 is 0 Å². The molecule has 27 heavy (non-hydrogen) atoms. The lowest BCUT2D eigenvalue weighted by molar-refractivity contribution is -0.123. The van der Waals surface area contributed by atoms with Crippen LogP contribution < -0.4 is 10.6 Å². The number of nitrogens with one attached hydrogen (secondary N) is 2. The summed E-state index contributed by atoms with van der Waals surface area (Å²) in [6, 6.07) is 3.07. The van der Waals surface area contributed by atoms with Crippen LogP contribution in [0.3, 0.4) is 0 Å². The highest BCUT2D eigenvalue weighted by atomic mass is 35.5. The van der Waals surface area contributed by atoms with Crippen molar-refractivity contribution < 1.29 is 9.59 Å². The molecule has 2 rings (SSSR count). The molecule has 1 fully saturated rings. The van der Waals surface area contributed by atoms with Crippen LogP contribution in [0, 0.1) is 0 Å². The van der Waals surface area contributed by atoms with Gasteiger partial charge in [-0.25, -0.2) is 0 Å².